The number of aromatic nitrogens is 2. The molecule has 2 amide bonds. The second kappa shape index (κ2) is 9.09. The molecule has 7 nitrogen and oxygen atoms in total. The molecule has 0 bridgehead atoms. The molecular weight excluding hydrogens is 440 g/mol. The minimum atomic E-state index is -0.978. The summed E-state index contributed by atoms with van der Waals surface area (Å²) in [5, 5.41) is 5.81. The van der Waals surface area contributed by atoms with Crippen molar-refractivity contribution >= 4 is 11.8 Å². The van der Waals surface area contributed by atoms with Crippen LogP contribution in [-0.4, -0.2) is 50.9 Å². The number of hydrogen-bond donors (Lipinski definition) is 2. The third-order valence-corrected chi connectivity index (χ3v) is 5.97. The smallest absolute Gasteiger partial charge is 0.272 e. The summed E-state index contributed by atoms with van der Waals surface area (Å²) in [7, 11) is 1.95. The lowest BCUT2D eigenvalue weighted by Crippen LogP contribution is -2.57. The second-order valence-corrected chi connectivity index (χ2v) is 11.2. The Balaban J connectivity index is 2.03. The zero-order valence-electron chi connectivity index (χ0n) is 21.2. The van der Waals surface area contributed by atoms with Gasteiger partial charge in [0.15, 0.2) is 17.3 Å². The zero-order chi connectivity index (χ0) is 25.6. The predicted octanol–water partition coefficient (Wildman–Crippen LogP) is 3.72. The molecule has 1 aromatic carbocycles. The first-order valence-electron chi connectivity index (χ1n) is 11.5. The lowest BCUT2D eigenvalue weighted by molar-refractivity contribution is -0.126. The molecule has 186 valence electrons. The molecule has 9 heteroatoms. The molecule has 0 saturated carbocycles. The fraction of sp³-hybridized carbons (Fsp3) is 0.560. The fourth-order valence-corrected chi connectivity index (χ4v) is 3.99. The van der Waals surface area contributed by atoms with Gasteiger partial charge in [-0.1, -0.05) is 20.8 Å². The molecule has 0 saturated heterocycles. The first kappa shape index (κ1) is 25.8. The number of amides is 2. The molecule has 1 aliphatic heterocycles. The Kier molecular flexibility index (Phi) is 6.90. The first-order chi connectivity index (χ1) is 15.6. The van der Waals surface area contributed by atoms with Gasteiger partial charge in [0.05, 0.1) is 5.69 Å². The summed E-state index contributed by atoms with van der Waals surface area (Å²) >= 11 is 0. The van der Waals surface area contributed by atoms with Crippen molar-refractivity contribution in [2.24, 2.45) is 5.41 Å². The van der Waals surface area contributed by atoms with Gasteiger partial charge in [-0.25, -0.2) is 13.8 Å². The molecule has 2 aromatic rings. The highest BCUT2D eigenvalue weighted by molar-refractivity contribution is 5.98. The number of likely N-dealkylation sites (N-methyl/N-ethyl adjacent to an activating group) is 1. The van der Waals surface area contributed by atoms with E-state index in [1.807, 2.05) is 60.1 Å². The topological polar surface area (TPSA) is 79.3 Å². The lowest BCUT2D eigenvalue weighted by atomic mass is 9.85. The highest BCUT2D eigenvalue weighted by Crippen LogP contribution is 2.29. The van der Waals surface area contributed by atoms with Crippen LogP contribution in [0.15, 0.2) is 18.2 Å². The highest BCUT2D eigenvalue weighted by atomic mass is 19.2. The molecule has 3 rings (SSSR count). The molecular formula is C25H35F2N5O2. The first-order valence-corrected chi connectivity index (χ1v) is 11.5. The van der Waals surface area contributed by atoms with Crippen molar-refractivity contribution in [2.75, 3.05) is 7.05 Å². The standard InChI is InChI=1S/C25H35F2N5O2/c1-14-12-32-18(13-31(14)8)19(28-21(32)15-9-10-16(26)17(27)11-15)22(33)29-20(24(2,3)4)23(34)30-25(5,6)7/h9-11,14,20H,12-13H2,1-8H3,(H,29,33)(H,30,34)/t14?,20-/m1/s1. The van der Waals surface area contributed by atoms with Crippen molar-refractivity contribution in [3.63, 3.8) is 0 Å². The van der Waals surface area contributed by atoms with Crippen LogP contribution in [0, 0.1) is 17.0 Å². The predicted molar refractivity (Wildman–Crippen MR) is 127 cm³/mol. The maximum atomic E-state index is 14.0. The minimum Gasteiger partial charge on any atom is -0.350 e. The molecule has 0 spiro atoms. The van der Waals surface area contributed by atoms with Crippen molar-refractivity contribution in [3.8, 4) is 11.4 Å². The zero-order valence-corrected chi connectivity index (χ0v) is 21.2. The number of carbonyl (C=O) groups is 2. The molecule has 1 unspecified atom stereocenters. The van der Waals surface area contributed by atoms with Crippen molar-refractivity contribution in [1.29, 1.82) is 0 Å². The van der Waals surface area contributed by atoms with E-state index in [-0.39, 0.29) is 17.6 Å². The Morgan fingerprint density at radius 3 is 2.32 bits per heavy atom. The number of benzene rings is 1. The number of carbonyl (C=O) groups excluding carboxylic acids is 2. The van der Waals surface area contributed by atoms with Gasteiger partial charge in [0, 0.05) is 30.2 Å². The highest BCUT2D eigenvalue weighted by Gasteiger charge is 2.37. The van der Waals surface area contributed by atoms with Crippen molar-refractivity contribution in [2.45, 2.75) is 79.2 Å². The van der Waals surface area contributed by atoms with Crippen LogP contribution in [0.5, 0.6) is 0 Å². The molecule has 2 N–H and O–H groups in total. The van der Waals surface area contributed by atoms with Gasteiger partial charge in [0.1, 0.15) is 11.9 Å². The Bertz CT molecular complexity index is 1100. The van der Waals surface area contributed by atoms with E-state index in [9.17, 15) is 18.4 Å². The van der Waals surface area contributed by atoms with Crippen molar-refractivity contribution in [1.82, 2.24) is 25.1 Å². The Morgan fingerprint density at radius 1 is 1.12 bits per heavy atom. The number of halogens is 2. The number of fused-ring (bicyclic) bond motifs is 1. The monoisotopic (exact) mass is 475 g/mol. The third-order valence-electron chi connectivity index (χ3n) is 5.97. The molecule has 0 aliphatic carbocycles. The Labute approximate surface area is 199 Å². The Morgan fingerprint density at radius 2 is 1.76 bits per heavy atom. The summed E-state index contributed by atoms with van der Waals surface area (Å²) in [4.78, 5) is 33.2. The minimum absolute atomic E-state index is 0.154. The normalized spacial score (nSPS) is 17.8. The van der Waals surface area contributed by atoms with Crippen molar-refractivity contribution < 1.29 is 18.4 Å². The van der Waals surface area contributed by atoms with Crippen LogP contribution < -0.4 is 10.6 Å². The van der Waals surface area contributed by atoms with Gasteiger partial charge in [0.25, 0.3) is 5.91 Å². The number of hydrogen-bond acceptors (Lipinski definition) is 4. The summed E-state index contributed by atoms with van der Waals surface area (Å²) < 4.78 is 29.4. The van der Waals surface area contributed by atoms with E-state index < -0.39 is 34.5 Å². The maximum Gasteiger partial charge on any atom is 0.272 e. The van der Waals surface area contributed by atoms with E-state index in [1.54, 1.807) is 0 Å². The van der Waals surface area contributed by atoms with Gasteiger partial charge >= 0.3 is 0 Å². The quantitative estimate of drug-likeness (QED) is 0.707. The van der Waals surface area contributed by atoms with Gasteiger partial charge in [-0.15, -0.1) is 0 Å². The summed E-state index contributed by atoms with van der Waals surface area (Å²) in [6.45, 7) is 14.3. The summed E-state index contributed by atoms with van der Waals surface area (Å²) in [6, 6.07) is 2.94. The Hall–Kier alpha value is -2.81. The average molecular weight is 476 g/mol. The van der Waals surface area contributed by atoms with Gasteiger partial charge in [-0.3, -0.25) is 14.5 Å². The van der Waals surface area contributed by atoms with Crippen LogP contribution in [0.2, 0.25) is 0 Å². The fourth-order valence-electron chi connectivity index (χ4n) is 3.99. The molecule has 1 aliphatic rings. The van der Waals surface area contributed by atoms with Crippen LogP contribution in [0.1, 0.15) is 64.6 Å². The van der Waals surface area contributed by atoms with E-state index in [0.717, 1.165) is 12.1 Å². The van der Waals surface area contributed by atoms with Crippen LogP contribution in [0.3, 0.4) is 0 Å². The van der Waals surface area contributed by atoms with Gasteiger partial charge in [-0.05, 0) is 58.4 Å². The van der Waals surface area contributed by atoms with Gasteiger partial charge in [-0.2, -0.15) is 0 Å². The third kappa shape index (κ3) is 5.46. The molecule has 34 heavy (non-hydrogen) atoms. The molecule has 2 heterocycles. The molecule has 0 radical (unpaired) electrons. The molecule has 1 aromatic heterocycles. The second-order valence-electron chi connectivity index (χ2n) is 11.2. The number of nitrogens with one attached hydrogen (secondary N) is 2. The molecule has 0 fully saturated rings. The van der Waals surface area contributed by atoms with Crippen LogP contribution >= 0.6 is 0 Å². The van der Waals surface area contributed by atoms with E-state index in [4.69, 9.17) is 0 Å². The molecule has 2 atom stereocenters. The number of nitrogens with zero attached hydrogens (tertiary/aromatic N) is 3. The largest absolute Gasteiger partial charge is 0.350 e. The lowest BCUT2D eigenvalue weighted by Gasteiger charge is -2.34. The van der Waals surface area contributed by atoms with Gasteiger partial charge < -0.3 is 15.2 Å². The maximum absolute atomic E-state index is 14.0. The average Bonchev–Trinajstić information content (AvgIpc) is 3.04. The summed E-state index contributed by atoms with van der Waals surface area (Å²) in [5.74, 6) is -2.30. The SMILES string of the molecule is CC1Cn2c(-c3ccc(F)c(F)c3)nc(C(=O)N[C@H](C(=O)NC(C)(C)C)C(C)(C)C)c2CN1C. The van der Waals surface area contributed by atoms with Crippen LogP contribution in [0.4, 0.5) is 8.78 Å². The van der Waals surface area contributed by atoms with E-state index in [2.05, 4.69) is 20.5 Å². The van der Waals surface area contributed by atoms with Crippen molar-refractivity contribution in [3.05, 3.63) is 41.2 Å². The van der Waals surface area contributed by atoms with Crippen LogP contribution in [0.25, 0.3) is 11.4 Å². The van der Waals surface area contributed by atoms with Gasteiger partial charge in [0.2, 0.25) is 5.91 Å². The number of imidazole rings is 1. The van der Waals surface area contributed by atoms with E-state index >= 15 is 0 Å². The van der Waals surface area contributed by atoms with Crippen LogP contribution in [-0.2, 0) is 17.9 Å². The summed E-state index contributed by atoms with van der Waals surface area (Å²) in [6.07, 6.45) is 0. The number of rotatable bonds is 4. The summed E-state index contributed by atoms with van der Waals surface area (Å²) in [5.41, 5.74) is 0.211. The van der Waals surface area contributed by atoms with E-state index in [1.165, 1.54) is 6.07 Å². The van der Waals surface area contributed by atoms with E-state index in [0.29, 0.717) is 30.2 Å².